The van der Waals surface area contributed by atoms with Crippen LogP contribution in [0, 0.1) is 0 Å². The highest BCUT2D eigenvalue weighted by Gasteiger charge is 2.43. The molecular weight excluding hydrogens is 456 g/mol. The molecule has 0 unspecified atom stereocenters. The third-order valence-corrected chi connectivity index (χ3v) is 16.7. The number of hydrogen-bond donors (Lipinski definition) is 0. The second-order valence-corrected chi connectivity index (χ2v) is 23.3. The molecule has 1 aliphatic rings. The minimum absolute atomic E-state index is 0.111. The highest BCUT2D eigenvalue weighted by Crippen LogP contribution is 2.40. The minimum atomic E-state index is -1.98. The molecule has 1 heterocycles. The summed E-state index contributed by atoms with van der Waals surface area (Å²) in [6.45, 7) is 29.8. The molecule has 0 spiro atoms. The van der Waals surface area contributed by atoms with Gasteiger partial charge in [0.1, 0.15) is 11.9 Å². The predicted octanol–water partition coefficient (Wildman–Crippen LogP) is 8.06. The second-order valence-electron chi connectivity index (χ2n) is 13.7. The fourth-order valence-corrected chi connectivity index (χ4v) is 5.41. The number of hydrogen-bond acceptors (Lipinski definition) is 4. The molecule has 0 amide bonds. The Hall–Kier alpha value is -0.926. The van der Waals surface area contributed by atoms with Gasteiger partial charge in [0.25, 0.3) is 0 Å². The third-order valence-electron chi connectivity index (χ3n) is 7.76. The maximum atomic E-state index is 6.77. The van der Waals surface area contributed by atoms with E-state index in [0.29, 0.717) is 6.61 Å². The van der Waals surface area contributed by atoms with Gasteiger partial charge in [0.15, 0.2) is 16.6 Å². The molecule has 34 heavy (non-hydrogen) atoms. The molecule has 0 N–H and O–H groups in total. The maximum absolute atomic E-state index is 6.77. The fraction of sp³-hybridized carbons (Fsp3) is 0.714. The van der Waals surface area contributed by atoms with Crippen LogP contribution < -0.4 is 4.74 Å². The Labute approximate surface area is 211 Å². The largest absolute Gasteiger partial charge is 0.461 e. The average Bonchev–Trinajstić information content (AvgIpc) is 2.66. The number of ether oxygens (including phenoxy) is 2. The Morgan fingerprint density at radius 3 is 1.76 bits per heavy atom. The van der Waals surface area contributed by atoms with Crippen molar-refractivity contribution < 1.29 is 18.3 Å². The SMILES string of the molecule is CC(C)(C)c1ccc(O[C@@H]2C=C[C@H](O[Si](C)(C)C(C)(C)C)[C@@H](CO[Si](C)(C)C(C)(C)C)O2)cc1. The van der Waals surface area contributed by atoms with Crippen LogP contribution in [-0.2, 0) is 19.0 Å². The molecule has 0 fully saturated rings. The van der Waals surface area contributed by atoms with E-state index >= 15 is 0 Å². The molecular formula is C28H50O4Si2. The van der Waals surface area contributed by atoms with Crippen LogP contribution in [0.15, 0.2) is 36.4 Å². The van der Waals surface area contributed by atoms with Crippen molar-refractivity contribution in [3.63, 3.8) is 0 Å². The van der Waals surface area contributed by atoms with E-state index in [0.717, 1.165) is 5.75 Å². The Balaban J connectivity index is 2.21. The van der Waals surface area contributed by atoms with E-state index < -0.39 is 22.9 Å². The van der Waals surface area contributed by atoms with Gasteiger partial charge >= 0.3 is 0 Å². The summed E-state index contributed by atoms with van der Waals surface area (Å²) in [5.74, 6) is 0.801. The van der Waals surface area contributed by atoms with Gasteiger partial charge in [0.05, 0.1) is 12.7 Å². The van der Waals surface area contributed by atoms with Crippen LogP contribution in [0.1, 0.15) is 67.9 Å². The highest BCUT2D eigenvalue weighted by molar-refractivity contribution is 6.74. The Morgan fingerprint density at radius 1 is 0.765 bits per heavy atom. The summed E-state index contributed by atoms with van der Waals surface area (Å²) in [6.07, 6.45) is 3.28. The first-order valence-electron chi connectivity index (χ1n) is 12.7. The van der Waals surface area contributed by atoms with Gasteiger partial charge in [-0.05, 0) is 65.5 Å². The van der Waals surface area contributed by atoms with Gasteiger partial charge in [-0.1, -0.05) is 80.5 Å². The van der Waals surface area contributed by atoms with Crippen molar-refractivity contribution in [1.29, 1.82) is 0 Å². The van der Waals surface area contributed by atoms with E-state index in [2.05, 4.69) is 107 Å². The molecule has 1 aliphatic heterocycles. The molecule has 4 nitrogen and oxygen atoms in total. The van der Waals surface area contributed by atoms with Gasteiger partial charge in [-0.2, -0.15) is 0 Å². The molecule has 1 aromatic rings. The first-order valence-corrected chi connectivity index (χ1v) is 18.5. The quantitative estimate of drug-likeness (QED) is 0.277. The molecule has 0 saturated carbocycles. The van der Waals surface area contributed by atoms with Crippen LogP contribution in [0.5, 0.6) is 5.75 Å². The summed E-state index contributed by atoms with van der Waals surface area (Å²) in [7, 11) is -3.91. The van der Waals surface area contributed by atoms with E-state index in [9.17, 15) is 0 Å². The zero-order valence-electron chi connectivity index (χ0n) is 24.0. The molecule has 0 saturated heterocycles. The summed E-state index contributed by atoms with van der Waals surface area (Å²) < 4.78 is 26.0. The Bertz CT molecular complexity index is 824. The molecule has 3 atom stereocenters. The molecule has 0 radical (unpaired) electrons. The second kappa shape index (κ2) is 10.2. The van der Waals surface area contributed by atoms with Crippen molar-refractivity contribution >= 4 is 16.6 Å². The van der Waals surface area contributed by atoms with Gasteiger partial charge in [-0.15, -0.1) is 0 Å². The first-order chi connectivity index (χ1) is 15.2. The Kier molecular flexibility index (Phi) is 8.80. The predicted molar refractivity (Wildman–Crippen MR) is 149 cm³/mol. The minimum Gasteiger partial charge on any atom is -0.461 e. The van der Waals surface area contributed by atoms with Crippen LogP contribution in [0.2, 0.25) is 36.3 Å². The van der Waals surface area contributed by atoms with E-state index in [-0.39, 0.29) is 27.7 Å². The Morgan fingerprint density at radius 2 is 1.29 bits per heavy atom. The summed E-state index contributed by atoms with van der Waals surface area (Å²) in [5, 5.41) is 0.256. The molecule has 1 aromatic carbocycles. The highest BCUT2D eigenvalue weighted by atomic mass is 28.4. The normalized spacial score (nSPS) is 22.7. The lowest BCUT2D eigenvalue weighted by atomic mass is 9.87. The van der Waals surface area contributed by atoms with Crippen molar-refractivity contribution in [2.24, 2.45) is 0 Å². The number of benzene rings is 1. The van der Waals surface area contributed by atoms with Crippen molar-refractivity contribution in [3.05, 3.63) is 42.0 Å². The summed E-state index contributed by atoms with van der Waals surface area (Å²) in [5.41, 5.74) is 1.39. The molecule has 6 heteroatoms. The van der Waals surface area contributed by atoms with Crippen molar-refractivity contribution in [3.8, 4) is 5.75 Å². The van der Waals surface area contributed by atoms with E-state index in [1.807, 2.05) is 18.2 Å². The first kappa shape index (κ1) is 29.3. The smallest absolute Gasteiger partial charge is 0.220 e. The summed E-state index contributed by atoms with van der Waals surface area (Å²) >= 11 is 0. The summed E-state index contributed by atoms with van der Waals surface area (Å²) in [4.78, 5) is 0. The molecule has 194 valence electrons. The summed E-state index contributed by atoms with van der Waals surface area (Å²) in [6, 6.07) is 8.31. The number of rotatable bonds is 7. The third kappa shape index (κ3) is 7.53. The van der Waals surface area contributed by atoms with Crippen LogP contribution >= 0.6 is 0 Å². The van der Waals surface area contributed by atoms with E-state index in [1.54, 1.807) is 0 Å². The molecule has 0 bridgehead atoms. The van der Waals surface area contributed by atoms with Crippen LogP contribution in [0.3, 0.4) is 0 Å². The van der Waals surface area contributed by atoms with Crippen LogP contribution in [0.4, 0.5) is 0 Å². The lowest BCUT2D eigenvalue weighted by molar-refractivity contribution is -0.138. The van der Waals surface area contributed by atoms with Gasteiger partial charge in [-0.3, -0.25) is 0 Å². The standard InChI is InChI=1S/C28H50O4Si2/c1-26(2,3)21-14-16-22(17-15-21)30-25-19-18-23(32-34(12,13)28(7,8)9)24(31-25)20-29-33(10,11)27(4,5)6/h14-19,23-25H,20H2,1-13H3/t23-,24+,25-/m0/s1. The van der Waals surface area contributed by atoms with Gasteiger partial charge in [0, 0.05) is 0 Å². The van der Waals surface area contributed by atoms with Crippen LogP contribution in [0.25, 0.3) is 0 Å². The van der Waals surface area contributed by atoms with E-state index in [4.69, 9.17) is 18.3 Å². The molecule has 0 aromatic heterocycles. The zero-order chi connectivity index (χ0) is 26.2. The molecule has 2 rings (SSSR count). The van der Waals surface area contributed by atoms with Gasteiger partial charge in [0.2, 0.25) is 6.29 Å². The average molecular weight is 507 g/mol. The molecule has 0 aliphatic carbocycles. The topological polar surface area (TPSA) is 36.9 Å². The van der Waals surface area contributed by atoms with Crippen molar-refractivity contribution in [2.75, 3.05) is 6.61 Å². The van der Waals surface area contributed by atoms with E-state index in [1.165, 1.54) is 5.56 Å². The van der Waals surface area contributed by atoms with Crippen molar-refractivity contribution in [1.82, 2.24) is 0 Å². The lowest BCUT2D eigenvalue weighted by Crippen LogP contribution is -2.52. The monoisotopic (exact) mass is 506 g/mol. The zero-order valence-corrected chi connectivity index (χ0v) is 26.0. The fourth-order valence-electron chi connectivity index (χ4n) is 3.13. The van der Waals surface area contributed by atoms with Crippen LogP contribution in [-0.4, -0.2) is 41.7 Å². The lowest BCUT2D eigenvalue weighted by Gasteiger charge is -2.43. The van der Waals surface area contributed by atoms with Crippen molar-refractivity contribution in [2.45, 2.75) is 122 Å². The van der Waals surface area contributed by atoms with Gasteiger partial charge < -0.3 is 18.3 Å². The van der Waals surface area contributed by atoms with Gasteiger partial charge in [-0.25, -0.2) is 0 Å². The maximum Gasteiger partial charge on any atom is 0.220 e.